The highest BCUT2D eigenvalue weighted by Crippen LogP contribution is 2.30. The molecule has 1 N–H and O–H groups in total. The van der Waals surface area contributed by atoms with Crippen LogP contribution in [0, 0.1) is 0 Å². The summed E-state index contributed by atoms with van der Waals surface area (Å²) in [7, 11) is 5.64. The second-order valence-corrected chi connectivity index (χ2v) is 6.29. The molecule has 2 heterocycles. The molecule has 2 rings (SSSR count). The Morgan fingerprint density at radius 1 is 1.48 bits per heavy atom. The first-order valence-corrected chi connectivity index (χ1v) is 7.88. The van der Waals surface area contributed by atoms with E-state index in [-0.39, 0.29) is 0 Å². The van der Waals surface area contributed by atoms with Crippen LogP contribution in [0.25, 0.3) is 0 Å². The quantitative estimate of drug-likeness (QED) is 0.812. The van der Waals surface area contributed by atoms with Gasteiger partial charge in [-0.05, 0) is 25.5 Å². The van der Waals surface area contributed by atoms with Gasteiger partial charge < -0.3 is 19.4 Å². The average Bonchev–Trinajstić information content (AvgIpc) is 3.11. The number of methoxy groups -OCH3 is 1. The van der Waals surface area contributed by atoms with Crippen molar-refractivity contribution in [2.24, 2.45) is 0 Å². The molecule has 0 aliphatic heterocycles. The van der Waals surface area contributed by atoms with Crippen molar-refractivity contribution in [1.82, 2.24) is 10.3 Å². The lowest BCUT2D eigenvalue weighted by molar-refractivity contribution is 0.392. The van der Waals surface area contributed by atoms with Crippen molar-refractivity contribution in [2.75, 3.05) is 26.1 Å². The van der Waals surface area contributed by atoms with E-state index < -0.39 is 0 Å². The summed E-state index contributed by atoms with van der Waals surface area (Å²) in [5, 5.41) is 4.48. The molecule has 0 aliphatic rings. The topological polar surface area (TPSA) is 50.5 Å². The summed E-state index contributed by atoms with van der Waals surface area (Å²) in [5.74, 6) is 1.75. The highest BCUT2D eigenvalue weighted by molar-refractivity contribution is 7.15. The average molecular weight is 309 g/mol. The second-order valence-electron chi connectivity index (χ2n) is 5.22. The fourth-order valence-electron chi connectivity index (χ4n) is 1.97. The Kier molecular flexibility index (Phi) is 5.64. The number of aryl methyl sites for hydroxylation is 1. The van der Waals surface area contributed by atoms with Crippen molar-refractivity contribution in [3.05, 3.63) is 29.0 Å². The summed E-state index contributed by atoms with van der Waals surface area (Å²) in [6.45, 7) is 2.96. The molecule has 5 nitrogen and oxygen atoms in total. The van der Waals surface area contributed by atoms with Crippen molar-refractivity contribution in [1.29, 1.82) is 0 Å². The lowest BCUT2D eigenvalue weighted by Gasteiger charge is -2.12. The van der Waals surface area contributed by atoms with E-state index in [4.69, 9.17) is 9.15 Å². The summed E-state index contributed by atoms with van der Waals surface area (Å²) >= 11 is 1.66. The molecule has 6 heteroatoms. The van der Waals surface area contributed by atoms with Gasteiger partial charge >= 0.3 is 0 Å². The van der Waals surface area contributed by atoms with Crippen LogP contribution >= 0.6 is 11.3 Å². The Labute approximate surface area is 129 Å². The third-order valence-corrected chi connectivity index (χ3v) is 4.45. The third-order valence-electron chi connectivity index (χ3n) is 3.24. The molecule has 0 saturated carbocycles. The molecule has 21 heavy (non-hydrogen) atoms. The number of aromatic nitrogens is 1. The maximum Gasteiger partial charge on any atom is 0.230 e. The van der Waals surface area contributed by atoms with Crippen molar-refractivity contribution in [2.45, 2.75) is 32.4 Å². The zero-order chi connectivity index (χ0) is 15.2. The number of ether oxygens (including phenoxy) is 1. The van der Waals surface area contributed by atoms with Crippen LogP contribution in [-0.2, 0) is 13.0 Å². The van der Waals surface area contributed by atoms with E-state index in [1.165, 1.54) is 0 Å². The minimum absolute atomic E-state index is 0.407. The lowest BCUT2D eigenvalue weighted by Crippen LogP contribution is -2.25. The zero-order valence-corrected chi connectivity index (χ0v) is 13.9. The van der Waals surface area contributed by atoms with E-state index in [0.717, 1.165) is 41.0 Å². The maximum absolute atomic E-state index is 5.35. The molecule has 2 aromatic rings. The smallest absolute Gasteiger partial charge is 0.230 e. The van der Waals surface area contributed by atoms with Crippen LogP contribution in [-0.4, -0.2) is 32.2 Å². The van der Waals surface area contributed by atoms with Crippen LogP contribution in [0.3, 0.4) is 0 Å². The van der Waals surface area contributed by atoms with Crippen LogP contribution in [0.5, 0.6) is 5.88 Å². The Bertz CT molecular complexity index is 537. The van der Waals surface area contributed by atoms with Gasteiger partial charge in [-0.1, -0.05) is 11.3 Å². The molecule has 0 saturated heterocycles. The largest absolute Gasteiger partial charge is 0.480 e. The number of anilines is 1. The first-order chi connectivity index (χ1) is 10.1. The highest BCUT2D eigenvalue weighted by atomic mass is 32.1. The van der Waals surface area contributed by atoms with Gasteiger partial charge in [-0.15, -0.1) is 0 Å². The third kappa shape index (κ3) is 4.47. The minimum atomic E-state index is 0.407. The maximum atomic E-state index is 5.35. The standard InChI is InChI=1S/C15H23N3O2S/c1-11(7-8-12-6-5-9-20-12)16-10-13-14(19-4)17-15(21-13)18(2)3/h5-6,9,11,16H,7-8,10H2,1-4H3. The Hall–Kier alpha value is -1.53. The molecule has 0 fully saturated rings. The minimum Gasteiger partial charge on any atom is -0.480 e. The van der Waals surface area contributed by atoms with Crippen molar-refractivity contribution in [3.8, 4) is 5.88 Å². The number of nitrogens with one attached hydrogen (secondary N) is 1. The fraction of sp³-hybridized carbons (Fsp3) is 0.533. The molecule has 0 amide bonds. The van der Waals surface area contributed by atoms with Crippen molar-refractivity contribution in [3.63, 3.8) is 0 Å². The SMILES string of the molecule is COc1nc(N(C)C)sc1CNC(C)CCc1ccco1. The van der Waals surface area contributed by atoms with Gasteiger partial charge in [-0.25, -0.2) is 0 Å². The van der Waals surface area contributed by atoms with Gasteiger partial charge in [0.05, 0.1) is 18.3 Å². The zero-order valence-electron chi connectivity index (χ0n) is 13.0. The van der Waals surface area contributed by atoms with Crippen LogP contribution in [0.4, 0.5) is 5.13 Å². The van der Waals surface area contributed by atoms with E-state index in [0.29, 0.717) is 6.04 Å². The van der Waals surface area contributed by atoms with E-state index in [1.807, 2.05) is 31.1 Å². The normalized spacial score (nSPS) is 12.4. The van der Waals surface area contributed by atoms with E-state index in [2.05, 4.69) is 17.2 Å². The van der Waals surface area contributed by atoms with Crippen LogP contribution in [0.2, 0.25) is 0 Å². The van der Waals surface area contributed by atoms with Crippen molar-refractivity contribution >= 4 is 16.5 Å². The molecule has 0 radical (unpaired) electrons. The van der Waals surface area contributed by atoms with E-state index in [9.17, 15) is 0 Å². The van der Waals surface area contributed by atoms with Gasteiger partial charge in [-0.3, -0.25) is 0 Å². The highest BCUT2D eigenvalue weighted by Gasteiger charge is 2.14. The molecule has 0 spiro atoms. The van der Waals surface area contributed by atoms with Gasteiger partial charge in [0.25, 0.3) is 0 Å². The van der Waals surface area contributed by atoms with Gasteiger partial charge in [0, 0.05) is 33.1 Å². The molecular weight excluding hydrogens is 286 g/mol. The Balaban J connectivity index is 1.84. The van der Waals surface area contributed by atoms with Gasteiger partial charge in [0.1, 0.15) is 5.76 Å². The molecule has 0 bridgehead atoms. The molecular formula is C15H23N3O2S. The summed E-state index contributed by atoms with van der Waals surface area (Å²) in [6.07, 6.45) is 3.71. The predicted molar refractivity (Wildman–Crippen MR) is 86.3 cm³/mol. The monoisotopic (exact) mass is 309 g/mol. The summed E-state index contributed by atoms with van der Waals surface area (Å²) in [4.78, 5) is 7.59. The summed E-state index contributed by atoms with van der Waals surface area (Å²) in [5.41, 5.74) is 0. The van der Waals surface area contributed by atoms with Crippen LogP contribution in [0.1, 0.15) is 24.0 Å². The van der Waals surface area contributed by atoms with Gasteiger partial charge in [0.15, 0.2) is 5.13 Å². The second kappa shape index (κ2) is 7.47. The number of hydrogen-bond donors (Lipinski definition) is 1. The first-order valence-electron chi connectivity index (χ1n) is 7.07. The molecule has 1 atom stereocenters. The van der Waals surface area contributed by atoms with E-state index in [1.54, 1.807) is 24.7 Å². The number of rotatable bonds is 8. The Morgan fingerprint density at radius 3 is 2.90 bits per heavy atom. The molecule has 1 unspecified atom stereocenters. The van der Waals surface area contributed by atoms with Crippen molar-refractivity contribution < 1.29 is 9.15 Å². The van der Waals surface area contributed by atoms with Gasteiger partial charge in [0.2, 0.25) is 5.88 Å². The van der Waals surface area contributed by atoms with Crippen LogP contribution in [0.15, 0.2) is 22.8 Å². The fourth-order valence-corrected chi connectivity index (χ4v) is 2.87. The molecule has 116 valence electrons. The van der Waals surface area contributed by atoms with Crippen LogP contribution < -0.4 is 15.0 Å². The first kappa shape index (κ1) is 15.9. The molecule has 2 aromatic heterocycles. The van der Waals surface area contributed by atoms with Gasteiger partial charge in [-0.2, -0.15) is 4.98 Å². The number of hydrogen-bond acceptors (Lipinski definition) is 6. The van der Waals surface area contributed by atoms with E-state index >= 15 is 0 Å². The number of furan rings is 1. The predicted octanol–water partition coefficient (Wildman–Crippen LogP) is 2.92. The lowest BCUT2D eigenvalue weighted by atomic mass is 10.1. The Morgan fingerprint density at radius 2 is 2.29 bits per heavy atom. The molecule has 0 aromatic carbocycles. The molecule has 0 aliphatic carbocycles. The summed E-state index contributed by atoms with van der Waals surface area (Å²) in [6, 6.07) is 4.35. The number of nitrogens with zero attached hydrogens (tertiary/aromatic N) is 2. The number of thiazole rings is 1. The summed E-state index contributed by atoms with van der Waals surface area (Å²) < 4.78 is 10.7.